The van der Waals surface area contributed by atoms with E-state index in [1.807, 2.05) is 18.2 Å². The van der Waals surface area contributed by atoms with E-state index in [4.69, 9.17) is 0 Å². The van der Waals surface area contributed by atoms with E-state index in [1.54, 1.807) is 0 Å². The summed E-state index contributed by atoms with van der Waals surface area (Å²) in [6.07, 6.45) is 6.56. The van der Waals surface area contributed by atoms with Gasteiger partial charge in [0.05, 0.1) is 0 Å². The van der Waals surface area contributed by atoms with Gasteiger partial charge >= 0.3 is 0 Å². The van der Waals surface area contributed by atoms with Gasteiger partial charge in [0.2, 0.25) is 0 Å². The Hall–Kier alpha value is -1.96. The SMILES string of the molecule is CCCCCC[C@H](C)Nc1ccc(Nc2ccccc2)cc1. The summed E-state index contributed by atoms with van der Waals surface area (Å²) >= 11 is 0. The number of unbranched alkanes of at least 4 members (excludes halogenated alkanes) is 3. The molecular formula is C20H28N2. The molecule has 2 aromatic rings. The van der Waals surface area contributed by atoms with Gasteiger partial charge in [-0.2, -0.15) is 0 Å². The molecule has 0 unspecified atom stereocenters. The molecule has 0 aromatic heterocycles. The van der Waals surface area contributed by atoms with Crippen molar-refractivity contribution in [3.05, 3.63) is 54.6 Å². The first-order chi connectivity index (χ1) is 10.8. The van der Waals surface area contributed by atoms with Crippen molar-refractivity contribution in [3.8, 4) is 0 Å². The first-order valence-corrected chi connectivity index (χ1v) is 8.46. The van der Waals surface area contributed by atoms with Gasteiger partial charge in [0.1, 0.15) is 0 Å². The second kappa shape index (κ2) is 9.14. The van der Waals surface area contributed by atoms with Crippen LogP contribution in [0.4, 0.5) is 17.1 Å². The number of rotatable bonds is 9. The van der Waals surface area contributed by atoms with E-state index in [9.17, 15) is 0 Å². The van der Waals surface area contributed by atoms with Crippen LogP contribution in [0.5, 0.6) is 0 Å². The molecule has 2 aromatic carbocycles. The summed E-state index contributed by atoms with van der Waals surface area (Å²) in [6.45, 7) is 4.52. The molecule has 0 heterocycles. The molecule has 0 aliphatic rings. The molecule has 0 saturated carbocycles. The predicted octanol–water partition coefficient (Wildman–Crippen LogP) is 6.20. The Bertz CT molecular complexity index is 519. The van der Waals surface area contributed by atoms with E-state index in [-0.39, 0.29) is 0 Å². The predicted molar refractivity (Wildman–Crippen MR) is 98.0 cm³/mol. The van der Waals surface area contributed by atoms with Crippen LogP contribution >= 0.6 is 0 Å². The van der Waals surface area contributed by atoms with Gasteiger partial charge in [-0.15, -0.1) is 0 Å². The third kappa shape index (κ3) is 5.80. The maximum atomic E-state index is 3.58. The second-order valence-corrected chi connectivity index (χ2v) is 5.96. The van der Waals surface area contributed by atoms with Crippen molar-refractivity contribution in [3.63, 3.8) is 0 Å². The first-order valence-electron chi connectivity index (χ1n) is 8.46. The molecule has 2 nitrogen and oxygen atoms in total. The summed E-state index contributed by atoms with van der Waals surface area (Å²) in [5.41, 5.74) is 3.43. The number of hydrogen-bond donors (Lipinski definition) is 2. The number of anilines is 3. The molecule has 22 heavy (non-hydrogen) atoms. The van der Waals surface area contributed by atoms with Crippen LogP contribution in [0.25, 0.3) is 0 Å². The van der Waals surface area contributed by atoms with Crippen LogP contribution < -0.4 is 10.6 Å². The molecule has 118 valence electrons. The van der Waals surface area contributed by atoms with Crippen molar-refractivity contribution in [2.24, 2.45) is 0 Å². The first kappa shape index (κ1) is 16.4. The Morgan fingerprint density at radius 3 is 2.09 bits per heavy atom. The Morgan fingerprint density at radius 1 is 0.773 bits per heavy atom. The second-order valence-electron chi connectivity index (χ2n) is 5.96. The van der Waals surface area contributed by atoms with Crippen LogP contribution in [0.3, 0.4) is 0 Å². The molecule has 0 saturated heterocycles. The van der Waals surface area contributed by atoms with Crippen molar-refractivity contribution >= 4 is 17.1 Å². The highest BCUT2D eigenvalue weighted by atomic mass is 14.9. The molecule has 0 bridgehead atoms. The van der Waals surface area contributed by atoms with Crippen LogP contribution in [-0.4, -0.2) is 6.04 Å². The van der Waals surface area contributed by atoms with E-state index in [2.05, 4.69) is 60.9 Å². The van der Waals surface area contributed by atoms with E-state index in [0.29, 0.717) is 6.04 Å². The molecule has 0 aliphatic carbocycles. The number of para-hydroxylation sites is 1. The van der Waals surface area contributed by atoms with E-state index in [1.165, 1.54) is 37.8 Å². The molecule has 0 aliphatic heterocycles. The van der Waals surface area contributed by atoms with Gasteiger partial charge in [0.15, 0.2) is 0 Å². The van der Waals surface area contributed by atoms with Gasteiger partial charge in [-0.3, -0.25) is 0 Å². The average Bonchev–Trinajstić information content (AvgIpc) is 2.54. The molecule has 2 rings (SSSR count). The minimum Gasteiger partial charge on any atom is -0.383 e. The third-order valence-corrected chi connectivity index (χ3v) is 3.85. The average molecular weight is 296 g/mol. The van der Waals surface area contributed by atoms with Crippen molar-refractivity contribution in [2.45, 2.75) is 52.0 Å². The molecule has 0 amide bonds. The van der Waals surface area contributed by atoms with Crippen LogP contribution in [0, 0.1) is 0 Å². The van der Waals surface area contributed by atoms with Gasteiger partial charge in [0, 0.05) is 23.1 Å². The van der Waals surface area contributed by atoms with Gasteiger partial charge in [-0.25, -0.2) is 0 Å². The highest BCUT2D eigenvalue weighted by molar-refractivity contribution is 5.62. The van der Waals surface area contributed by atoms with Crippen molar-refractivity contribution in [2.75, 3.05) is 10.6 Å². The quantitative estimate of drug-likeness (QED) is 0.538. The fourth-order valence-electron chi connectivity index (χ4n) is 2.57. The number of benzene rings is 2. The monoisotopic (exact) mass is 296 g/mol. The van der Waals surface area contributed by atoms with Crippen LogP contribution in [0.1, 0.15) is 46.0 Å². The van der Waals surface area contributed by atoms with E-state index >= 15 is 0 Å². The lowest BCUT2D eigenvalue weighted by Crippen LogP contribution is -2.14. The zero-order valence-electron chi connectivity index (χ0n) is 13.8. The summed E-state index contributed by atoms with van der Waals surface area (Å²) in [4.78, 5) is 0. The molecule has 0 fully saturated rings. The third-order valence-electron chi connectivity index (χ3n) is 3.85. The van der Waals surface area contributed by atoms with Crippen molar-refractivity contribution in [1.29, 1.82) is 0 Å². The van der Waals surface area contributed by atoms with Gasteiger partial charge in [-0.1, -0.05) is 50.8 Å². The summed E-state index contributed by atoms with van der Waals surface area (Å²) in [7, 11) is 0. The van der Waals surface area contributed by atoms with Gasteiger partial charge in [0.25, 0.3) is 0 Å². The Labute approximate surface area is 135 Å². The minimum absolute atomic E-state index is 0.532. The standard InChI is InChI=1S/C20H28N2/c1-3-4-5-7-10-17(2)21-19-13-15-20(16-14-19)22-18-11-8-6-9-12-18/h6,8-9,11-17,21-22H,3-5,7,10H2,1-2H3/t17-/m0/s1. The molecular weight excluding hydrogens is 268 g/mol. The zero-order chi connectivity index (χ0) is 15.6. The Balaban J connectivity index is 1.79. The van der Waals surface area contributed by atoms with Crippen molar-refractivity contribution < 1.29 is 0 Å². The lowest BCUT2D eigenvalue weighted by Gasteiger charge is -2.15. The number of hydrogen-bond acceptors (Lipinski definition) is 2. The Morgan fingerprint density at radius 2 is 1.41 bits per heavy atom. The normalized spacial score (nSPS) is 11.9. The smallest absolute Gasteiger partial charge is 0.0385 e. The minimum atomic E-state index is 0.532. The van der Waals surface area contributed by atoms with Crippen LogP contribution in [-0.2, 0) is 0 Å². The molecule has 2 heteroatoms. The zero-order valence-corrected chi connectivity index (χ0v) is 13.8. The lowest BCUT2D eigenvalue weighted by molar-refractivity contribution is 0.594. The fraction of sp³-hybridized carbons (Fsp3) is 0.400. The molecule has 0 radical (unpaired) electrons. The largest absolute Gasteiger partial charge is 0.383 e. The van der Waals surface area contributed by atoms with Gasteiger partial charge in [-0.05, 0) is 49.7 Å². The summed E-state index contributed by atoms with van der Waals surface area (Å²) in [5.74, 6) is 0. The molecule has 1 atom stereocenters. The van der Waals surface area contributed by atoms with Gasteiger partial charge < -0.3 is 10.6 Å². The Kier molecular flexibility index (Phi) is 6.82. The highest BCUT2D eigenvalue weighted by Crippen LogP contribution is 2.19. The summed E-state index contributed by atoms with van der Waals surface area (Å²) in [5, 5.41) is 6.99. The molecule has 0 spiro atoms. The van der Waals surface area contributed by atoms with E-state index < -0.39 is 0 Å². The highest BCUT2D eigenvalue weighted by Gasteiger charge is 2.02. The maximum absolute atomic E-state index is 3.58. The van der Waals surface area contributed by atoms with Crippen LogP contribution in [0.2, 0.25) is 0 Å². The van der Waals surface area contributed by atoms with Crippen molar-refractivity contribution in [1.82, 2.24) is 0 Å². The fourth-order valence-corrected chi connectivity index (χ4v) is 2.57. The topological polar surface area (TPSA) is 24.1 Å². The lowest BCUT2D eigenvalue weighted by atomic mass is 10.1. The molecule has 2 N–H and O–H groups in total. The number of nitrogens with one attached hydrogen (secondary N) is 2. The van der Waals surface area contributed by atoms with Crippen LogP contribution in [0.15, 0.2) is 54.6 Å². The maximum Gasteiger partial charge on any atom is 0.0385 e. The van der Waals surface area contributed by atoms with E-state index in [0.717, 1.165) is 11.4 Å². The summed E-state index contributed by atoms with van der Waals surface area (Å²) in [6, 6.07) is 19.3. The summed E-state index contributed by atoms with van der Waals surface area (Å²) < 4.78 is 0.